The Morgan fingerprint density at radius 1 is 1.24 bits per heavy atom. The summed E-state index contributed by atoms with van der Waals surface area (Å²) >= 11 is 0. The second-order valence-electron chi connectivity index (χ2n) is 5.86. The highest BCUT2D eigenvalue weighted by Gasteiger charge is 2.33. The van der Waals surface area contributed by atoms with Crippen molar-refractivity contribution in [2.75, 3.05) is 13.1 Å². The van der Waals surface area contributed by atoms with Crippen molar-refractivity contribution < 1.29 is 4.79 Å². The minimum Gasteiger partial charge on any atom is -0.338 e. The van der Waals surface area contributed by atoms with E-state index in [0.29, 0.717) is 30.3 Å². The molecule has 2 aliphatic rings. The second kappa shape index (κ2) is 5.85. The smallest absolute Gasteiger partial charge is 0.223 e. The van der Waals surface area contributed by atoms with Crippen LogP contribution in [0.25, 0.3) is 0 Å². The molecule has 2 unspecified atom stereocenters. The average Bonchev–Trinajstić information content (AvgIpc) is 2.71. The van der Waals surface area contributed by atoms with E-state index in [0.717, 1.165) is 19.4 Å². The third kappa shape index (κ3) is 3.01. The van der Waals surface area contributed by atoms with E-state index in [1.54, 1.807) is 0 Å². The Kier molecular flexibility index (Phi) is 4.43. The number of nitrogens with zero attached hydrogens (tertiary/aromatic N) is 1. The number of carbonyl (C=O) groups excluding carboxylic acids is 1. The maximum Gasteiger partial charge on any atom is 0.223 e. The lowest BCUT2D eigenvalue weighted by Gasteiger charge is -2.28. The number of hydrogen-bond acceptors (Lipinski definition) is 2. The zero-order valence-electron chi connectivity index (χ0n) is 11.0. The molecule has 3 nitrogen and oxygen atoms in total. The van der Waals surface area contributed by atoms with E-state index in [-0.39, 0.29) is 0 Å². The number of likely N-dealkylation sites (tertiary alicyclic amines) is 1. The van der Waals surface area contributed by atoms with Gasteiger partial charge in [-0.05, 0) is 31.1 Å². The van der Waals surface area contributed by atoms with Crippen LogP contribution in [0.3, 0.4) is 0 Å². The SMILES string of the molecule is CC1CCN(C(=O)CC2CCCCC2)C1CN. The highest BCUT2D eigenvalue weighted by atomic mass is 16.2. The Hall–Kier alpha value is -0.570. The molecule has 2 rings (SSSR count). The van der Waals surface area contributed by atoms with Crippen LogP contribution in [-0.4, -0.2) is 29.9 Å². The Morgan fingerprint density at radius 2 is 1.94 bits per heavy atom. The van der Waals surface area contributed by atoms with Crippen LogP contribution in [0.15, 0.2) is 0 Å². The van der Waals surface area contributed by atoms with Crippen LogP contribution in [0.2, 0.25) is 0 Å². The molecule has 1 heterocycles. The maximum atomic E-state index is 12.3. The van der Waals surface area contributed by atoms with Crippen LogP contribution in [0, 0.1) is 11.8 Å². The van der Waals surface area contributed by atoms with E-state index < -0.39 is 0 Å². The first kappa shape index (κ1) is 12.9. The van der Waals surface area contributed by atoms with Crippen LogP contribution >= 0.6 is 0 Å². The van der Waals surface area contributed by atoms with Crippen LogP contribution in [0.4, 0.5) is 0 Å². The van der Waals surface area contributed by atoms with Gasteiger partial charge in [0.15, 0.2) is 0 Å². The van der Waals surface area contributed by atoms with E-state index >= 15 is 0 Å². The van der Waals surface area contributed by atoms with Crippen LogP contribution in [-0.2, 0) is 4.79 Å². The van der Waals surface area contributed by atoms with Crippen molar-refractivity contribution in [3.63, 3.8) is 0 Å². The summed E-state index contributed by atoms with van der Waals surface area (Å²) in [5, 5.41) is 0. The molecule has 98 valence electrons. The quantitative estimate of drug-likeness (QED) is 0.819. The summed E-state index contributed by atoms with van der Waals surface area (Å²) < 4.78 is 0. The third-order valence-electron chi connectivity index (χ3n) is 4.63. The van der Waals surface area contributed by atoms with Gasteiger partial charge in [-0.3, -0.25) is 4.79 Å². The lowest BCUT2D eigenvalue weighted by molar-refractivity contribution is -0.133. The molecule has 1 saturated heterocycles. The van der Waals surface area contributed by atoms with Gasteiger partial charge in [-0.25, -0.2) is 0 Å². The molecule has 1 aliphatic heterocycles. The predicted octanol–water partition coefficient (Wildman–Crippen LogP) is 2.15. The molecule has 3 heteroatoms. The normalized spacial score (nSPS) is 30.8. The molecule has 2 fully saturated rings. The number of carbonyl (C=O) groups is 1. The first-order valence-corrected chi connectivity index (χ1v) is 7.22. The van der Waals surface area contributed by atoms with Gasteiger partial charge in [-0.1, -0.05) is 26.2 Å². The standard InChI is InChI=1S/C14H26N2O/c1-11-7-8-16(13(11)10-15)14(17)9-12-5-3-2-4-6-12/h11-13H,2-10,15H2,1H3. The number of amides is 1. The summed E-state index contributed by atoms with van der Waals surface area (Å²) in [6.07, 6.45) is 8.38. The number of hydrogen-bond donors (Lipinski definition) is 1. The van der Waals surface area contributed by atoms with Crippen molar-refractivity contribution in [3.05, 3.63) is 0 Å². The van der Waals surface area contributed by atoms with Crippen molar-refractivity contribution in [2.45, 2.75) is 57.9 Å². The van der Waals surface area contributed by atoms with Crippen LogP contribution < -0.4 is 5.73 Å². The molecular weight excluding hydrogens is 212 g/mol. The largest absolute Gasteiger partial charge is 0.338 e. The number of nitrogens with two attached hydrogens (primary N) is 1. The second-order valence-corrected chi connectivity index (χ2v) is 5.86. The van der Waals surface area contributed by atoms with Crippen LogP contribution in [0.1, 0.15) is 51.9 Å². The van der Waals surface area contributed by atoms with Crippen molar-refractivity contribution in [3.8, 4) is 0 Å². The topological polar surface area (TPSA) is 46.3 Å². The van der Waals surface area contributed by atoms with E-state index in [4.69, 9.17) is 5.73 Å². The van der Waals surface area contributed by atoms with Gasteiger partial charge in [-0.15, -0.1) is 0 Å². The molecule has 0 aromatic rings. The molecule has 2 atom stereocenters. The average molecular weight is 238 g/mol. The van der Waals surface area contributed by atoms with E-state index in [1.807, 2.05) is 0 Å². The Balaban J connectivity index is 1.86. The summed E-state index contributed by atoms with van der Waals surface area (Å²) in [6, 6.07) is 0.297. The van der Waals surface area contributed by atoms with E-state index in [2.05, 4.69) is 11.8 Å². The molecule has 1 aliphatic carbocycles. The lowest BCUT2D eigenvalue weighted by atomic mass is 9.86. The van der Waals surface area contributed by atoms with Gasteiger partial charge in [0.05, 0.1) is 0 Å². The fourth-order valence-electron chi connectivity index (χ4n) is 3.43. The van der Waals surface area contributed by atoms with Gasteiger partial charge < -0.3 is 10.6 Å². The van der Waals surface area contributed by atoms with Gasteiger partial charge in [0.25, 0.3) is 0 Å². The molecule has 0 bridgehead atoms. The first-order chi connectivity index (χ1) is 8.22. The molecular formula is C14H26N2O. The van der Waals surface area contributed by atoms with Crippen molar-refractivity contribution in [2.24, 2.45) is 17.6 Å². The first-order valence-electron chi connectivity index (χ1n) is 7.22. The number of rotatable bonds is 3. The summed E-state index contributed by atoms with van der Waals surface area (Å²) in [5.74, 6) is 1.58. The minimum atomic E-state index is 0.297. The Morgan fingerprint density at radius 3 is 2.59 bits per heavy atom. The summed E-state index contributed by atoms with van der Waals surface area (Å²) in [6.45, 7) is 3.76. The minimum absolute atomic E-state index is 0.297. The van der Waals surface area contributed by atoms with Gasteiger partial charge in [0.2, 0.25) is 5.91 Å². The van der Waals surface area contributed by atoms with Crippen molar-refractivity contribution >= 4 is 5.91 Å². The summed E-state index contributed by atoms with van der Waals surface area (Å²) in [4.78, 5) is 14.4. The lowest BCUT2D eigenvalue weighted by Crippen LogP contribution is -2.42. The Labute approximate surface area is 105 Å². The molecule has 17 heavy (non-hydrogen) atoms. The van der Waals surface area contributed by atoms with Gasteiger partial charge in [0, 0.05) is 25.6 Å². The fraction of sp³-hybridized carbons (Fsp3) is 0.929. The van der Waals surface area contributed by atoms with E-state index in [1.165, 1.54) is 32.1 Å². The molecule has 0 radical (unpaired) electrons. The Bertz CT molecular complexity index is 261. The zero-order chi connectivity index (χ0) is 12.3. The fourth-order valence-corrected chi connectivity index (χ4v) is 3.43. The predicted molar refractivity (Wildman–Crippen MR) is 69.5 cm³/mol. The van der Waals surface area contributed by atoms with Gasteiger partial charge in [-0.2, -0.15) is 0 Å². The summed E-state index contributed by atoms with van der Waals surface area (Å²) in [7, 11) is 0. The van der Waals surface area contributed by atoms with Crippen LogP contribution in [0.5, 0.6) is 0 Å². The maximum absolute atomic E-state index is 12.3. The molecule has 1 saturated carbocycles. The summed E-state index contributed by atoms with van der Waals surface area (Å²) in [5.41, 5.74) is 5.79. The van der Waals surface area contributed by atoms with Crippen molar-refractivity contribution in [1.82, 2.24) is 4.90 Å². The third-order valence-corrected chi connectivity index (χ3v) is 4.63. The molecule has 0 aromatic carbocycles. The molecule has 1 amide bonds. The van der Waals surface area contributed by atoms with Gasteiger partial charge in [0.1, 0.15) is 0 Å². The van der Waals surface area contributed by atoms with Gasteiger partial charge >= 0.3 is 0 Å². The highest BCUT2D eigenvalue weighted by molar-refractivity contribution is 5.77. The molecule has 0 spiro atoms. The molecule has 2 N–H and O–H groups in total. The van der Waals surface area contributed by atoms with Crippen molar-refractivity contribution in [1.29, 1.82) is 0 Å². The monoisotopic (exact) mass is 238 g/mol. The molecule has 0 aromatic heterocycles. The highest BCUT2D eigenvalue weighted by Crippen LogP contribution is 2.29. The van der Waals surface area contributed by atoms with E-state index in [9.17, 15) is 4.79 Å². The zero-order valence-corrected chi connectivity index (χ0v) is 11.0.